The molecule has 2 aromatic carbocycles. The number of halogens is 1. The minimum absolute atomic E-state index is 0.00305. The van der Waals surface area contributed by atoms with E-state index in [-0.39, 0.29) is 11.3 Å². The number of rotatable bonds is 3. The monoisotopic (exact) mass is 299 g/mol. The van der Waals surface area contributed by atoms with Crippen molar-refractivity contribution < 1.29 is 4.79 Å². The molecule has 1 N–H and O–H groups in total. The molecule has 0 saturated heterocycles. The summed E-state index contributed by atoms with van der Waals surface area (Å²) in [6.45, 7) is 2.85. The lowest BCUT2D eigenvalue weighted by Crippen LogP contribution is -2.31. The normalized spacial score (nSPS) is 15.2. The summed E-state index contributed by atoms with van der Waals surface area (Å²) >= 11 is 6.59. The summed E-state index contributed by atoms with van der Waals surface area (Å²) < 4.78 is 0. The van der Waals surface area contributed by atoms with Crippen LogP contribution in [0.15, 0.2) is 42.5 Å². The van der Waals surface area contributed by atoms with Crippen LogP contribution in [-0.2, 0) is 12.8 Å². The summed E-state index contributed by atoms with van der Waals surface area (Å²) in [7, 11) is 0. The van der Waals surface area contributed by atoms with E-state index in [1.807, 2.05) is 18.2 Å². The van der Waals surface area contributed by atoms with Crippen LogP contribution in [0.4, 0.5) is 0 Å². The molecule has 0 spiro atoms. The fourth-order valence-electron chi connectivity index (χ4n) is 2.70. The van der Waals surface area contributed by atoms with Gasteiger partial charge in [0.2, 0.25) is 0 Å². The van der Waals surface area contributed by atoms with Gasteiger partial charge in [-0.25, -0.2) is 0 Å². The Kier molecular flexibility index (Phi) is 3.98. The fraction of sp³-hybridized carbons (Fsp3) is 0.278. The van der Waals surface area contributed by atoms with Gasteiger partial charge < -0.3 is 5.32 Å². The number of aryl methyl sites for hydroxylation is 1. The van der Waals surface area contributed by atoms with Crippen molar-refractivity contribution in [3.8, 4) is 0 Å². The van der Waals surface area contributed by atoms with E-state index < -0.39 is 0 Å². The van der Waals surface area contributed by atoms with Crippen molar-refractivity contribution in [2.75, 3.05) is 6.54 Å². The number of benzene rings is 2. The van der Waals surface area contributed by atoms with Crippen molar-refractivity contribution in [3.05, 3.63) is 70.3 Å². The predicted octanol–water partition coefficient (Wildman–Crippen LogP) is 3.86. The van der Waals surface area contributed by atoms with Crippen molar-refractivity contribution in [2.45, 2.75) is 25.1 Å². The summed E-state index contributed by atoms with van der Waals surface area (Å²) in [5, 5.41) is 2.65. The molecule has 1 heterocycles. The zero-order valence-electron chi connectivity index (χ0n) is 12.0. The largest absolute Gasteiger partial charge is 0.352 e. The van der Waals surface area contributed by atoms with E-state index in [9.17, 15) is 4.79 Å². The first kappa shape index (κ1) is 14.2. The molecule has 3 heteroatoms. The molecule has 2 aromatic rings. The Morgan fingerprint density at radius 3 is 2.57 bits per heavy atom. The number of amides is 1. The van der Waals surface area contributed by atoms with Crippen molar-refractivity contribution in [1.29, 1.82) is 0 Å². The molecular formula is C18H18ClNO. The fourth-order valence-corrected chi connectivity index (χ4v) is 2.98. The Morgan fingerprint density at radius 2 is 1.86 bits per heavy atom. The molecule has 108 valence electrons. The van der Waals surface area contributed by atoms with Crippen LogP contribution in [0.5, 0.6) is 0 Å². The zero-order chi connectivity index (χ0) is 14.8. The third-order valence-corrected chi connectivity index (χ3v) is 4.54. The zero-order valence-corrected chi connectivity index (χ0v) is 12.8. The number of hydrogen-bond acceptors (Lipinski definition) is 1. The van der Waals surface area contributed by atoms with E-state index in [4.69, 9.17) is 11.6 Å². The summed E-state index contributed by atoms with van der Waals surface area (Å²) in [5.74, 6) is 0.00305. The van der Waals surface area contributed by atoms with Gasteiger partial charge in [0, 0.05) is 12.1 Å². The van der Waals surface area contributed by atoms with Gasteiger partial charge in [-0.1, -0.05) is 43.3 Å². The standard InChI is InChI=1S/C18H18ClNO/c1-2-12-3-5-14(6-4-12)17(19)15-8-7-13-9-10-20-18(21)16(13)11-15/h3-8,11,17H,2,9-10H2,1H3,(H,20,21). The second-order valence-electron chi connectivity index (χ2n) is 5.38. The number of alkyl halides is 1. The van der Waals surface area contributed by atoms with Gasteiger partial charge in [-0.05, 0) is 41.2 Å². The lowest BCUT2D eigenvalue weighted by atomic mass is 9.94. The predicted molar refractivity (Wildman–Crippen MR) is 86.0 cm³/mol. The first-order chi connectivity index (χ1) is 10.2. The summed E-state index contributed by atoms with van der Waals surface area (Å²) in [6, 6.07) is 14.3. The van der Waals surface area contributed by atoms with Crippen LogP contribution < -0.4 is 5.32 Å². The van der Waals surface area contributed by atoms with Crippen LogP contribution >= 0.6 is 11.6 Å². The van der Waals surface area contributed by atoms with E-state index in [0.717, 1.165) is 35.1 Å². The van der Waals surface area contributed by atoms with Crippen molar-refractivity contribution in [2.24, 2.45) is 0 Å². The smallest absolute Gasteiger partial charge is 0.251 e. The maximum Gasteiger partial charge on any atom is 0.251 e. The number of fused-ring (bicyclic) bond motifs is 1. The van der Waals surface area contributed by atoms with Gasteiger partial charge in [-0.2, -0.15) is 0 Å². The van der Waals surface area contributed by atoms with Gasteiger partial charge in [0.25, 0.3) is 5.91 Å². The van der Waals surface area contributed by atoms with Gasteiger partial charge in [0.05, 0.1) is 5.38 Å². The number of hydrogen-bond donors (Lipinski definition) is 1. The average Bonchev–Trinajstić information content (AvgIpc) is 2.54. The van der Waals surface area contributed by atoms with Gasteiger partial charge in [0.15, 0.2) is 0 Å². The van der Waals surface area contributed by atoms with E-state index in [2.05, 4.69) is 36.5 Å². The van der Waals surface area contributed by atoms with Crippen molar-refractivity contribution in [1.82, 2.24) is 5.32 Å². The van der Waals surface area contributed by atoms with E-state index in [0.29, 0.717) is 6.54 Å². The first-order valence-electron chi connectivity index (χ1n) is 7.33. The Morgan fingerprint density at radius 1 is 1.14 bits per heavy atom. The highest BCUT2D eigenvalue weighted by Gasteiger charge is 2.19. The first-order valence-corrected chi connectivity index (χ1v) is 7.76. The van der Waals surface area contributed by atoms with Gasteiger partial charge in [-0.15, -0.1) is 11.6 Å². The molecule has 0 aliphatic carbocycles. The van der Waals surface area contributed by atoms with Crippen LogP contribution in [-0.4, -0.2) is 12.5 Å². The molecular weight excluding hydrogens is 282 g/mol. The van der Waals surface area contributed by atoms with E-state index >= 15 is 0 Å². The quantitative estimate of drug-likeness (QED) is 0.857. The lowest BCUT2D eigenvalue weighted by molar-refractivity contribution is 0.0946. The molecule has 0 fully saturated rings. The summed E-state index contributed by atoms with van der Waals surface area (Å²) in [5.41, 5.74) is 5.19. The second-order valence-corrected chi connectivity index (χ2v) is 5.82. The molecule has 21 heavy (non-hydrogen) atoms. The van der Waals surface area contributed by atoms with E-state index in [1.165, 1.54) is 5.56 Å². The van der Waals surface area contributed by atoms with Gasteiger partial charge in [0.1, 0.15) is 0 Å². The van der Waals surface area contributed by atoms with E-state index in [1.54, 1.807) is 0 Å². The van der Waals surface area contributed by atoms with Crippen molar-refractivity contribution in [3.63, 3.8) is 0 Å². The summed E-state index contributed by atoms with van der Waals surface area (Å²) in [6.07, 6.45) is 1.91. The number of carbonyl (C=O) groups is 1. The molecule has 0 saturated carbocycles. The Balaban J connectivity index is 1.92. The van der Waals surface area contributed by atoms with Crippen molar-refractivity contribution >= 4 is 17.5 Å². The van der Waals surface area contributed by atoms with Crippen LogP contribution in [0.1, 0.15) is 44.9 Å². The topological polar surface area (TPSA) is 29.1 Å². The van der Waals surface area contributed by atoms with Gasteiger partial charge >= 0.3 is 0 Å². The molecule has 1 aliphatic heterocycles. The van der Waals surface area contributed by atoms with Crippen LogP contribution in [0, 0.1) is 0 Å². The Labute approximate surface area is 130 Å². The summed E-state index contributed by atoms with van der Waals surface area (Å²) in [4.78, 5) is 11.9. The third kappa shape index (κ3) is 2.81. The lowest BCUT2D eigenvalue weighted by Gasteiger charge is -2.19. The molecule has 1 unspecified atom stereocenters. The maximum absolute atomic E-state index is 11.9. The molecule has 0 radical (unpaired) electrons. The van der Waals surface area contributed by atoms with Crippen LogP contribution in [0.3, 0.4) is 0 Å². The van der Waals surface area contributed by atoms with Crippen LogP contribution in [0.2, 0.25) is 0 Å². The number of nitrogens with one attached hydrogen (secondary N) is 1. The minimum Gasteiger partial charge on any atom is -0.352 e. The highest BCUT2D eigenvalue weighted by Crippen LogP contribution is 2.31. The SMILES string of the molecule is CCc1ccc(C(Cl)c2ccc3c(c2)C(=O)NCC3)cc1. The molecule has 1 aliphatic rings. The molecule has 0 bridgehead atoms. The third-order valence-electron chi connectivity index (χ3n) is 4.03. The Hall–Kier alpha value is -1.80. The molecule has 0 aromatic heterocycles. The highest BCUT2D eigenvalue weighted by atomic mass is 35.5. The van der Waals surface area contributed by atoms with Crippen LogP contribution in [0.25, 0.3) is 0 Å². The molecule has 3 rings (SSSR count). The minimum atomic E-state index is -0.226. The molecule has 2 nitrogen and oxygen atoms in total. The van der Waals surface area contributed by atoms with Gasteiger partial charge in [-0.3, -0.25) is 4.79 Å². The average molecular weight is 300 g/mol. The molecule has 1 amide bonds. The second kappa shape index (κ2) is 5.90. The molecule has 1 atom stereocenters. The Bertz CT molecular complexity index is 663. The maximum atomic E-state index is 11.9. The number of carbonyl (C=O) groups excluding carboxylic acids is 1. The highest BCUT2D eigenvalue weighted by molar-refractivity contribution is 6.22.